The molecular weight excluding hydrogens is 295 g/mol. The van der Waals surface area contributed by atoms with Gasteiger partial charge in [-0.25, -0.2) is 4.39 Å². The van der Waals surface area contributed by atoms with Crippen molar-refractivity contribution in [2.24, 2.45) is 7.05 Å². The van der Waals surface area contributed by atoms with Gasteiger partial charge in [0.25, 0.3) is 0 Å². The highest BCUT2D eigenvalue weighted by Crippen LogP contribution is 2.27. The van der Waals surface area contributed by atoms with E-state index in [1.165, 1.54) is 6.07 Å². The Labute approximate surface area is 134 Å². The maximum Gasteiger partial charge on any atom is 0.132 e. The van der Waals surface area contributed by atoms with Crippen LogP contribution in [-0.4, -0.2) is 26.9 Å². The number of hydrogen-bond acceptors (Lipinski definition) is 4. The van der Waals surface area contributed by atoms with E-state index in [1.54, 1.807) is 23.1 Å². The minimum absolute atomic E-state index is 0.0856. The van der Waals surface area contributed by atoms with Gasteiger partial charge >= 0.3 is 0 Å². The molecule has 120 valence electrons. The van der Waals surface area contributed by atoms with Crippen molar-refractivity contribution in [1.29, 1.82) is 0 Å². The molecule has 23 heavy (non-hydrogen) atoms. The van der Waals surface area contributed by atoms with E-state index in [9.17, 15) is 4.39 Å². The van der Waals surface area contributed by atoms with E-state index in [4.69, 9.17) is 4.52 Å². The molecule has 1 aromatic carbocycles. The number of rotatable bonds is 5. The minimum atomic E-state index is -0.264. The summed E-state index contributed by atoms with van der Waals surface area (Å²) in [5, 5.41) is 8.41. The number of benzene rings is 1. The molecule has 0 unspecified atom stereocenters. The van der Waals surface area contributed by atoms with Crippen molar-refractivity contribution in [2.75, 3.05) is 7.05 Å². The maximum absolute atomic E-state index is 14.1. The van der Waals surface area contributed by atoms with Gasteiger partial charge in [0.1, 0.15) is 17.8 Å². The molecule has 6 heteroatoms. The molecular formula is C17H19FN4O. The lowest BCUT2D eigenvalue weighted by atomic mass is 10.1. The van der Waals surface area contributed by atoms with Gasteiger partial charge in [-0.1, -0.05) is 17.3 Å². The maximum atomic E-state index is 14.1. The first-order valence-corrected chi connectivity index (χ1v) is 7.44. The highest BCUT2D eigenvalue weighted by atomic mass is 19.1. The first-order valence-electron chi connectivity index (χ1n) is 7.44. The van der Waals surface area contributed by atoms with Gasteiger partial charge in [0.15, 0.2) is 0 Å². The van der Waals surface area contributed by atoms with Gasteiger partial charge < -0.3 is 4.52 Å². The molecule has 0 radical (unpaired) electrons. The fourth-order valence-electron chi connectivity index (χ4n) is 2.60. The lowest BCUT2D eigenvalue weighted by Gasteiger charge is -2.22. The van der Waals surface area contributed by atoms with E-state index in [0.29, 0.717) is 17.8 Å². The molecule has 0 aliphatic carbocycles. The van der Waals surface area contributed by atoms with Gasteiger partial charge in [-0.2, -0.15) is 5.10 Å². The van der Waals surface area contributed by atoms with Crippen LogP contribution in [0, 0.1) is 5.82 Å². The minimum Gasteiger partial charge on any atom is -0.364 e. The van der Waals surface area contributed by atoms with Crippen LogP contribution in [0.4, 0.5) is 4.39 Å². The molecule has 0 saturated carbocycles. The van der Waals surface area contributed by atoms with Crippen molar-refractivity contribution in [3.63, 3.8) is 0 Å². The molecule has 0 spiro atoms. The van der Waals surface area contributed by atoms with Crippen LogP contribution in [0.3, 0.4) is 0 Å². The summed E-state index contributed by atoms with van der Waals surface area (Å²) in [6.07, 6.45) is 3.49. The smallest absolute Gasteiger partial charge is 0.132 e. The largest absolute Gasteiger partial charge is 0.364 e. The van der Waals surface area contributed by atoms with Gasteiger partial charge in [-0.15, -0.1) is 0 Å². The Morgan fingerprint density at radius 1 is 1.30 bits per heavy atom. The number of aromatic nitrogens is 3. The number of nitrogens with zero attached hydrogens (tertiary/aromatic N) is 4. The Kier molecular flexibility index (Phi) is 4.25. The molecule has 0 N–H and O–H groups in total. The van der Waals surface area contributed by atoms with E-state index in [-0.39, 0.29) is 11.9 Å². The summed E-state index contributed by atoms with van der Waals surface area (Å²) in [4.78, 5) is 2.12. The van der Waals surface area contributed by atoms with Crippen molar-refractivity contribution >= 4 is 0 Å². The molecule has 0 amide bonds. The first-order chi connectivity index (χ1) is 11.1. The molecule has 2 heterocycles. The summed E-state index contributed by atoms with van der Waals surface area (Å²) in [6.45, 7) is 2.68. The van der Waals surface area contributed by atoms with Crippen LogP contribution in [0.1, 0.15) is 24.2 Å². The Hall–Kier alpha value is -2.47. The van der Waals surface area contributed by atoms with Crippen LogP contribution >= 0.6 is 0 Å². The molecule has 0 saturated heterocycles. The molecule has 3 rings (SSSR count). The Morgan fingerprint density at radius 2 is 2.09 bits per heavy atom. The summed E-state index contributed by atoms with van der Waals surface area (Å²) in [5.74, 6) is -0.264. The fourth-order valence-corrected chi connectivity index (χ4v) is 2.60. The van der Waals surface area contributed by atoms with Crippen molar-refractivity contribution in [2.45, 2.75) is 19.5 Å². The summed E-state index contributed by atoms with van der Waals surface area (Å²) < 4.78 is 20.7. The van der Waals surface area contributed by atoms with Crippen LogP contribution < -0.4 is 0 Å². The zero-order valence-electron chi connectivity index (χ0n) is 13.4. The second-order valence-electron chi connectivity index (χ2n) is 5.67. The second kappa shape index (κ2) is 6.34. The first kappa shape index (κ1) is 15.4. The predicted molar refractivity (Wildman–Crippen MR) is 85.0 cm³/mol. The lowest BCUT2D eigenvalue weighted by molar-refractivity contribution is 0.241. The average Bonchev–Trinajstić information content (AvgIpc) is 3.17. The van der Waals surface area contributed by atoms with E-state index in [0.717, 1.165) is 11.3 Å². The number of aryl methyl sites for hydroxylation is 1. The summed E-state index contributed by atoms with van der Waals surface area (Å²) in [7, 11) is 3.84. The molecule has 3 aromatic rings. The van der Waals surface area contributed by atoms with Crippen molar-refractivity contribution in [1.82, 2.24) is 19.8 Å². The van der Waals surface area contributed by atoms with Crippen LogP contribution in [0.2, 0.25) is 0 Å². The second-order valence-corrected chi connectivity index (χ2v) is 5.67. The summed E-state index contributed by atoms with van der Waals surface area (Å²) >= 11 is 0. The standard InChI is InChI=1S/C17H19FN4O/c1-12(16-8-9-23-20-16)21(2)10-13-11-22(3)19-17(13)14-6-4-5-7-15(14)18/h4-9,11-12H,10H2,1-3H3/t12-/m0/s1. The molecule has 1 atom stereocenters. The number of hydrogen-bond donors (Lipinski definition) is 0. The molecule has 2 aromatic heterocycles. The third-order valence-corrected chi connectivity index (χ3v) is 4.00. The van der Waals surface area contributed by atoms with Gasteiger partial charge in [-0.3, -0.25) is 9.58 Å². The SMILES string of the molecule is C[C@@H](c1ccon1)N(C)Cc1cn(C)nc1-c1ccccc1F. The molecule has 0 fully saturated rings. The third-order valence-electron chi connectivity index (χ3n) is 4.00. The van der Waals surface area contributed by atoms with Crippen LogP contribution in [0.5, 0.6) is 0 Å². The van der Waals surface area contributed by atoms with Crippen LogP contribution in [0.25, 0.3) is 11.3 Å². The van der Waals surface area contributed by atoms with Gasteiger partial charge in [-0.05, 0) is 26.1 Å². The van der Waals surface area contributed by atoms with Crippen molar-refractivity contribution < 1.29 is 8.91 Å². The third kappa shape index (κ3) is 3.17. The van der Waals surface area contributed by atoms with Gasteiger partial charge in [0, 0.05) is 37.0 Å². The molecule has 0 bridgehead atoms. The summed E-state index contributed by atoms with van der Waals surface area (Å²) in [5.41, 5.74) is 3.02. The fraction of sp³-hybridized carbons (Fsp3) is 0.294. The predicted octanol–water partition coefficient (Wildman–Crippen LogP) is 3.41. The van der Waals surface area contributed by atoms with E-state index < -0.39 is 0 Å². The highest BCUT2D eigenvalue weighted by Gasteiger charge is 2.19. The van der Waals surface area contributed by atoms with Gasteiger partial charge in [0.2, 0.25) is 0 Å². The monoisotopic (exact) mass is 314 g/mol. The molecule has 0 aliphatic rings. The quantitative estimate of drug-likeness (QED) is 0.724. The van der Waals surface area contributed by atoms with E-state index in [2.05, 4.69) is 22.1 Å². The van der Waals surface area contributed by atoms with E-state index >= 15 is 0 Å². The normalized spacial score (nSPS) is 12.7. The Morgan fingerprint density at radius 3 is 2.78 bits per heavy atom. The van der Waals surface area contributed by atoms with Crippen molar-refractivity contribution in [3.8, 4) is 11.3 Å². The number of halogens is 1. The Bertz CT molecular complexity index is 782. The highest BCUT2D eigenvalue weighted by molar-refractivity contribution is 5.63. The average molecular weight is 314 g/mol. The van der Waals surface area contributed by atoms with Crippen molar-refractivity contribution in [3.05, 3.63) is 59.9 Å². The van der Waals surface area contributed by atoms with E-state index in [1.807, 2.05) is 32.4 Å². The van der Waals surface area contributed by atoms with Crippen LogP contribution in [0.15, 0.2) is 47.3 Å². The molecule has 0 aliphatic heterocycles. The molecule has 5 nitrogen and oxygen atoms in total. The lowest BCUT2D eigenvalue weighted by Crippen LogP contribution is -2.22. The van der Waals surface area contributed by atoms with Crippen LogP contribution in [-0.2, 0) is 13.6 Å². The topological polar surface area (TPSA) is 47.1 Å². The Balaban J connectivity index is 1.88. The zero-order valence-corrected chi connectivity index (χ0v) is 13.4. The van der Waals surface area contributed by atoms with Gasteiger partial charge in [0.05, 0.1) is 11.7 Å². The summed E-state index contributed by atoms with van der Waals surface area (Å²) in [6, 6.07) is 8.64. The zero-order chi connectivity index (χ0) is 16.4.